The number of benzene rings is 2. The summed E-state index contributed by atoms with van der Waals surface area (Å²) < 4.78 is 39.0. The van der Waals surface area contributed by atoms with E-state index in [4.69, 9.17) is 9.47 Å². The number of nitrogens with one attached hydrogen (secondary N) is 1. The van der Waals surface area contributed by atoms with Gasteiger partial charge in [0.15, 0.2) is 0 Å². The van der Waals surface area contributed by atoms with E-state index in [-0.39, 0.29) is 35.7 Å². The molecule has 2 aromatic carbocycles. The Kier molecular flexibility index (Phi) is 7.96. The maximum absolute atomic E-state index is 12.5. The average Bonchev–Trinajstić information content (AvgIpc) is 2.81. The Hall–Kier alpha value is -3.50. The van der Waals surface area contributed by atoms with Crippen LogP contribution in [0.1, 0.15) is 24.2 Å². The van der Waals surface area contributed by atoms with Gasteiger partial charge < -0.3 is 9.47 Å². The zero-order valence-corrected chi connectivity index (χ0v) is 19.2. The molecule has 1 heterocycles. The summed E-state index contributed by atoms with van der Waals surface area (Å²) >= 11 is 0. The van der Waals surface area contributed by atoms with Crippen molar-refractivity contribution in [3.63, 3.8) is 0 Å². The van der Waals surface area contributed by atoms with Crippen LogP contribution in [0.4, 0.5) is 0 Å². The Morgan fingerprint density at radius 3 is 2.30 bits per heavy atom. The summed E-state index contributed by atoms with van der Waals surface area (Å²) in [5, 5.41) is 4.34. The molecule has 0 saturated carbocycles. The van der Waals surface area contributed by atoms with Gasteiger partial charge >= 0.3 is 5.97 Å². The van der Waals surface area contributed by atoms with Crippen molar-refractivity contribution >= 4 is 16.0 Å². The highest BCUT2D eigenvalue weighted by Gasteiger charge is 2.15. The fourth-order valence-corrected chi connectivity index (χ4v) is 4.03. The second kappa shape index (κ2) is 10.9. The molecule has 33 heavy (non-hydrogen) atoms. The highest BCUT2D eigenvalue weighted by Crippen LogP contribution is 2.20. The molecule has 1 aromatic heterocycles. The van der Waals surface area contributed by atoms with Crippen molar-refractivity contribution in [2.45, 2.75) is 25.3 Å². The molecular formula is C23H25N3O6S. The molecule has 0 aliphatic carbocycles. The van der Waals surface area contributed by atoms with Crippen molar-refractivity contribution in [3.8, 4) is 17.0 Å². The lowest BCUT2D eigenvalue weighted by atomic mass is 10.1. The predicted octanol–water partition coefficient (Wildman–Crippen LogP) is 2.46. The smallest absolute Gasteiger partial charge is 0.338 e. The highest BCUT2D eigenvalue weighted by atomic mass is 32.2. The van der Waals surface area contributed by atoms with Crippen LogP contribution in [0.5, 0.6) is 5.75 Å². The number of carbonyl (C=O) groups excluding carboxylic acids is 1. The zero-order valence-electron chi connectivity index (χ0n) is 18.4. The van der Waals surface area contributed by atoms with Crippen LogP contribution in [0.3, 0.4) is 0 Å². The Morgan fingerprint density at radius 2 is 1.67 bits per heavy atom. The molecular weight excluding hydrogens is 446 g/mol. The maximum Gasteiger partial charge on any atom is 0.338 e. The first-order chi connectivity index (χ1) is 15.8. The minimum absolute atomic E-state index is 0.000932. The van der Waals surface area contributed by atoms with Crippen molar-refractivity contribution in [1.29, 1.82) is 0 Å². The molecule has 3 rings (SSSR count). The molecule has 0 aliphatic heterocycles. The number of hydrogen-bond acceptors (Lipinski definition) is 7. The van der Waals surface area contributed by atoms with E-state index in [2.05, 4.69) is 9.82 Å². The van der Waals surface area contributed by atoms with E-state index in [0.717, 1.165) is 11.3 Å². The predicted molar refractivity (Wildman–Crippen MR) is 123 cm³/mol. The van der Waals surface area contributed by atoms with Crippen LogP contribution in [0.25, 0.3) is 11.3 Å². The van der Waals surface area contributed by atoms with Gasteiger partial charge in [-0.25, -0.2) is 22.6 Å². The van der Waals surface area contributed by atoms with Crippen LogP contribution in [-0.4, -0.2) is 43.9 Å². The Bertz CT molecular complexity index is 1250. The van der Waals surface area contributed by atoms with E-state index in [0.29, 0.717) is 12.3 Å². The second-order valence-corrected chi connectivity index (χ2v) is 8.65. The molecule has 0 fully saturated rings. The first kappa shape index (κ1) is 24.1. The molecule has 0 unspecified atom stereocenters. The average molecular weight is 472 g/mol. The number of nitrogens with zero attached hydrogens (tertiary/aromatic N) is 2. The van der Waals surface area contributed by atoms with Gasteiger partial charge in [-0.3, -0.25) is 4.79 Å². The first-order valence-corrected chi connectivity index (χ1v) is 11.9. The number of aromatic nitrogens is 2. The Balaban J connectivity index is 1.66. The molecule has 0 aliphatic rings. The number of ether oxygens (including phenoxy) is 2. The lowest BCUT2D eigenvalue weighted by molar-refractivity contribution is 0.0526. The zero-order chi connectivity index (χ0) is 23.8. The number of carbonyl (C=O) groups is 1. The van der Waals surface area contributed by atoms with Crippen molar-refractivity contribution in [2.24, 2.45) is 0 Å². The molecule has 9 nitrogen and oxygen atoms in total. The summed E-state index contributed by atoms with van der Waals surface area (Å²) in [4.78, 5) is 23.9. The largest absolute Gasteiger partial charge is 0.494 e. The molecule has 174 valence electrons. The van der Waals surface area contributed by atoms with E-state index in [9.17, 15) is 18.0 Å². The van der Waals surface area contributed by atoms with E-state index >= 15 is 0 Å². The summed E-state index contributed by atoms with van der Waals surface area (Å²) in [7, 11) is -3.83. The Morgan fingerprint density at radius 1 is 0.970 bits per heavy atom. The van der Waals surface area contributed by atoms with Crippen LogP contribution >= 0.6 is 0 Å². The first-order valence-electron chi connectivity index (χ1n) is 10.4. The molecule has 0 saturated heterocycles. The van der Waals surface area contributed by atoms with E-state index in [1.807, 2.05) is 31.2 Å². The number of sulfonamides is 1. The van der Waals surface area contributed by atoms with Gasteiger partial charge in [-0.05, 0) is 68.4 Å². The molecule has 0 atom stereocenters. The van der Waals surface area contributed by atoms with E-state index in [1.54, 1.807) is 13.0 Å². The number of esters is 1. The number of hydrogen-bond donors (Lipinski definition) is 1. The molecule has 0 bridgehead atoms. The summed E-state index contributed by atoms with van der Waals surface area (Å²) in [5.41, 5.74) is 1.30. The summed E-state index contributed by atoms with van der Waals surface area (Å²) in [6, 6.07) is 15.7. The van der Waals surface area contributed by atoms with Gasteiger partial charge in [-0.15, -0.1) is 0 Å². The van der Waals surface area contributed by atoms with Crippen molar-refractivity contribution in [2.75, 3.05) is 19.8 Å². The van der Waals surface area contributed by atoms with Crippen molar-refractivity contribution in [3.05, 3.63) is 76.6 Å². The van der Waals surface area contributed by atoms with Crippen LogP contribution in [0.2, 0.25) is 0 Å². The highest BCUT2D eigenvalue weighted by molar-refractivity contribution is 7.89. The van der Waals surface area contributed by atoms with Gasteiger partial charge in [0.1, 0.15) is 5.75 Å². The fraction of sp³-hybridized carbons (Fsp3) is 0.261. The minimum atomic E-state index is -3.83. The normalized spacial score (nSPS) is 11.2. The SMILES string of the molecule is CCOC(=O)c1ccc(S(=O)(=O)NCCn2nc(-c3ccc(OCC)cc3)ccc2=O)cc1. The lowest BCUT2D eigenvalue weighted by Gasteiger charge is -2.10. The molecule has 0 spiro atoms. The third-order valence-corrected chi connectivity index (χ3v) is 6.10. The summed E-state index contributed by atoms with van der Waals surface area (Å²) in [5.74, 6) is 0.214. The van der Waals surface area contributed by atoms with Gasteiger partial charge in [0.25, 0.3) is 5.56 Å². The van der Waals surface area contributed by atoms with Crippen LogP contribution < -0.4 is 15.0 Å². The summed E-state index contributed by atoms with van der Waals surface area (Å²) in [6.45, 7) is 4.39. The third-order valence-electron chi connectivity index (χ3n) is 4.62. The molecule has 0 radical (unpaired) electrons. The van der Waals surface area contributed by atoms with E-state index in [1.165, 1.54) is 35.0 Å². The molecule has 10 heteroatoms. The molecule has 0 amide bonds. The Labute approximate surface area is 192 Å². The molecule has 3 aromatic rings. The van der Waals surface area contributed by atoms with Crippen molar-refractivity contribution < 1.29 is 22.7 Å². The van der Waals surface area contributed by atoms with Gasteiger partial charge in [-0.2, -0.15) is 5.10 Å². The monoisotopic (exact) mass is 471 g/mol. The van der Waals surface area contributed by atoms with Gasteiger partial charge in [0.05, 0.1) is 35.9 Å². The van der Waals surface area contributed by atoms with Gasteiger partial charge in [-0.1, -0.05) is 0 Å². The fourth-order valence-electron chi connectivity index (χ4n) is 3.01. The molecule has 1 N–H and O–H groups in total. The topological polar surface area (TPSA) is 117 Å². The van der Waals surface area contributed by atoms with E-state index < -0.39 is 16.0 Å². The third kappa shape index (κ3) is 6.27. The van der Waals surface area contributed by atoms with Crippen LogP contribution in [0, 0.1) is 0 Å². The quantitative estimate of drug-likeness (QED) is 0.452. The van der Waals surface area contributed by atoms with Crippen molar-refractivity contribution in [1.82, 2.24) is 14.5 Å². The number of rotatable bonds is 10. The standard InChI is InChI=1S/C23H25N3O6S/c1-3-31-19-9-5-17(6-10-19)21-13-14-22(27)26(25-21)16-15-24-33(29,30)20-11-7-18(8-12-20)23(28)32-4-2/h5-14,24H,3-4,15-16H2,1-2H3. The second-order valence-electron chi connectivity index (χ2n) is 6.88. The van der Waals surface area contributed by atoms with Crippen LogP contribution in [-0.2, 0) is 21.3 Å². The maximum atomic E-state index is 12.5. The van der Waals surface area contributed by atoms with Gasteiger partial charge in [0.2, 0.25) is 10.0 Å². The van der Waals surface area contributed by atoms with Gasteiger partial charge in [0, 0.05) is 18.2 Å². The minimum Gasteiger partial charge on any atom is -0.494 e. The summed E-state index contributed by atoms with van der Waals surface area (Å²) in [6.07, 6.45) is 0. The van der Waals surface area contributed by atoms with Crippen LogP contribution in [0.15, 0.2) is 70.4 Å². The lowest BCUT2D eigenvalue weighted by Crippen LogP contribution is -2.32.